The number of carbonyl (C=O) groups excluding carboxylic acids is 5. The number of nitrogens with two attached hydrogens (primary N) is 1. The van der Waals surface area contributed by atoms with Crippen LogP contribution < -0.4 is 16.4 Å². The summed E-state index contributed by atoms with van der Waals surface area (Å²) >= 11 is 0. The zero-order chi connectivity index (χ0) is 30.9. The third kappa shape index (κ3) is 11.0. The van der Waals surface area contributed by atoms with Crippen molar-refractivity contribution in [1.29, 1.82) is 0 Å². The van der Waals surface area contributed by atoms with Crippen LogP contribution in [0.4, 0.5) is 5.69 Å². The van der Waals surface area contributed by atoms with E-state index in [0.717, 1.165) is 4.90 Å². The predicted molar refractivity (Wildman–Crippen MR) is 150 cm³/mol. The zero-order valence-corrected chi connectivity index (χ0v) is 24.1. The molecule has 1 fully saturated rings. The summed E-state index contributed by atoms with van der Waals surface area (Å²) in [4.78, 5) is 63.1. The lowest BCUT2D eigenvalue weighted by Crippen LogP contribution is -2.54. The van der Waals surface area contributed by atoms with Gasteiger partial charge in [0.05, 0.1) is 103 Å². The van der Waals surface area contributed by atoms with Gasteiger partial charge < -0.3 is 39.5 Å². The Hall–Kier alpha value is -3.31. The topological polar surface area (TPSA) is 194 Å². The lowest BCUT2D eigenvalue weighted by Gasteiger charge is -2.27. The van der Waals surface area contributed by atoms with Crippen LogP contribution in [0, 0.1) is 0 Å². The minimum atomic E-state index is -1.08. The molecular weight excluding hydrogens is 568 g/mol. The third-order valence-corrected chi connectivity index (χ3v) is 6.34. The van der Waals surface area contributed by atoms with Crippen molar-refractivity contribution < 1.29 is 52.4 Å². The van der Waals surface area contributed by atoms with E-state index in [1.54, 1.807) is 0 Å². The molecule has 2 aliphatic rings. The first-order chi connectivity index (χ1) is 20.9. The molecule has 4 N–H and O–H groups in total. The van der Waals surface area contributed by atoms with Crippen molar-refractivity contribution in [2.45, 2.75) is 25.3 Å². The van der Waals surface area contributed by atoms with Gasteiger partial charge in [-0.25, -0.2) is 0 Å². The van der Waals surface area contributed by atoms with Crippen molar-refractivity contribution in [3.63, 3.8) is 0 Å². The number of anilines is 1. The van der Waals surface area contributed by atoms with Crippen molar-refractivity contribution in [2.24, 2.45) is 5.73 Å². The van der Waals surface area contributed by atoms with E-state index in [0.29, 0.717) is 72.6 Å². The minimum Gasteiger partial charge on any atom is -0.379 e. The monoisotopic (exact) mass is 608 g/mol. The number of fused-ring (bicyclic) bond motifs is 1. The van der Waals surface area contributed by atoms with Gasteiger partial charge >= 0.3 is 0 Å². The number of ether oxygens (including phenoxy) is 6. The maximum atomic E-state index is 13.1. The summed E-state index contributed by atoms with van der Waals surface area (Å²) in [6, 6.07) is 3.42. The Labute approximate surface area is 249 Å². The summed E-state index contributed by atoms with van der Waals surface area (Å²) in [5.74, 6) is -2.90. The number of carbonyl (C=O) groups is 5. The van der Waals surface area contributed by atoms with E-state index in [4.69, 9.17) is 34.2 Å². The summed E-state index contributed by atoms with van der Waals surface area (Å²) < 4.78 is 32.2. The molecule has 1 atom stereocenters. The Bertz CT molecular complexity index is 1100. The first-order valence-corrected chi connectivity index (χ1v) is 14.2. The second-order valence-corrected chi connectivity index (χ2v) is 9.44. The molecule has 5 amide bonds. The van der Waals surface area contributed by atoms with Gasteiger partial charge in [0.1, 0.15) is 6.04 Å². The molecule has 0 saturated carbocycles. The van der Waals surface area contributed by atoms with Crippen LogP contribution in [-0.4, -0.2) is 126 Å². The smallest absolute Gasteiger partial charge is 0.264 e. The molecule has 1 unspecified atom stereocenters. The quantitative estimate of drug-likeness (QED) is 0.113. The van der Waals surface area contributed by atoms with E-state index in [-0.39, 0.29) is 49.3 Å². The van der Waals surface area contributed by atoms with Crippen molar-refractivity contribution in [3.05, 3.63) is 29.3 Å². The largest absolute Gasteiger partial charge is 0.379 e. The maximum Gasteiger partial charge on any atom is 0.264 e. The summed E-state index contributed by atoms with van der Waals surface area (Å²) in [5.41, 5.74) is 5.59. The second kappa shape index (κ2) is 19.1. The number of imide groups is 2. The van der Waals surface area contributed by atoms with Crippen LogP contribution in [0.3, 0.4) is 0 Å². The number of rotatable bonds is 22. The van der Waals surface area contributed by atoms with E-state index in [1.807, 2.05) is 0 Å². The predicted octanol–water partition coefficient (Wildman–Crippen LogP) is -0.525. The molecule has 238 valence electrons. The summed E-state index contributed by atoms with van der Waals surface area (Å²) in [6.07, 6.45) is 0.0799. The van der Waals surface area contributed by atoms with Crippen LogP contribution >= 0.6 is 0 Å². The number of hydrogen-bond acceptors (Lipinski definition) is 12. The third-order valence-electron chi connectivity index (χ3n) is 6.34. The van der Waals surface area contributed by atoms with E-state index in [9.17, 15) is 24.0 Å². The number of benzene rings is 1. The van der Waals surface area contributed by atoms with E-state index < -0.39 is 35.6 Å². The Morgan fingerprint density at radius 2 is 1.33 bits per heavy atom. The van der Waals surface area contributed by atoms with E-state index in [1.165, 1.54) is 18.2 Å². The number of hydrogen-bond donors (Lipinski definition) is 3. The van der Waals surface area contributed by atoms with E-state index in [2.05, 4.69) is 10.6 Å². The highest BCUT2D eigenvalue weighted by atomic mass is 16.6. The van der Waals surface area contributed by atoms with E-state index >= 15 is 0 Å². The first kappa shape index (κ1) is 34.2. The molecule has 1 aromatic carbocycles. The maximum absolute atomic E-state index is 13.1. The molecule has 1 saturated heterocycles. The number of amides is 5. The van der Waals surface area contributed by atoms with Crippen LogP contribution in [0.15, 0.2) is 18.2 Å². The van der Waals surface area contributed by atoms with Gasteiger partial charge in [-0.3, -0.25) is 34.2 Å². The molecule has 0 bridgehead atoms. The average molecular weight is 609 g/mol. The molecule has 3 rings (SSSR count). The van der Waals surface area contributed by atoms with Gasteiger partial charge in [0.15, 0.2) is 0 Å². The Kier molecular flexibility index (Phi) is 15.2. The van der Waals surface area contributed by atoms with Gasteiger partial charge in [-0.1, -0.05) is 6.07 Å². The van der Waals surface area contributed by atoms with Crippen LogP contribution in [0.25, 0.3) is 0 Å². The highest BCUT2D eigenvalue weighted by Crippen LogP contribution is 2.32. The molecule has 0 aromatic heterocycles. The van der Waals surface area contributed by atoms with Gasteiger partial charge in [0.25, 0.3) is 11.8 Å². The van der Waals surface area contributed by atoms with Crippen molar-refractivity contribution in [1.82, 2.24) is 10.2 Å². The van der Waals surface area contributed by atoms with Gasteiger partial charge in [-0.15, -0.1) is 0 Å². The molecule has 15 heteroatoms. The van der Waals surface area contributed by atoms with Gasteiger partial charge in [-0.05, 0) is 18.6 Å². The van der Waals surface area contributed by atoms with Crippen LogP contribution in [-0.2, 0) is 42.8 Å². The lowest BCUT2D eigenvalue weighted by molar-refractivity contribution is -0.136. The SMILES string of the molecule is NCCOCCOCCOCCOCCOCCOCCC(=O)Nc1cccc2c1C(=O)N(C1CCC(=O)NC1=O)C2=O. The highest BCUT2D eigenvalue weighted by molar-refractivity contribution is 6.26. The van der Waals surface area contributed by atoms with Crippen LogP contribution in [0.5, 0.6) is 0 Å². The zero-order valence-electron chi connectivity index (χ0n) is 24.1. The highest BCUT2D eigenvalue weighted by Gasteiger charge is 2.45. The van der Waals surface area contributed by atoms with Crippen molar-refractivity contribution in [3.8, 4) is 0 Å². The fraction of sp³-hybridized carbons (Fsp3) is 0.607. The first-order valence-electron chi connectivity index (χ1n) is 14.2. The minimum absolute atomic E-state index is 0.0128. The Morgan fingerprint density at radius 1 is 0.791 bits per heavy atom. The van der Waals surface area contributed by atoms with Crippen molar-refractivity contribution >= 4 is 35.2 Å². The number of nitrogens with zero attached hydrogens (tertiary/aromatic N) is 1. The fourth-order valence-electron chi connectivity index (χ4n) is 4.28. The van der Waals surface area contributed by atoms with Gasteiger partial charge in [-0.2, -0.15) is 0 Å². The lowest BCUT2D eigenvalue weighted by atomic mass is 10.0. The molecular formula is C28H40N4O11. The number of nitrogens with one attached hydrogen (secondary N) is 2. The van der Waals surface area contributed by atoms with Gasteiger partial charge in [0.2, 0.25) is 17.7 Å². The van der Waals surface area contributed by atoms with Crippen LogP contribution in [0.2, 0.25) is 0 Å². The van der Waals surface area contributed by atoms with Crippen molar-refractivity contribution in [2.75, 3.05) is 91.1 Å². The molecule has 15 nitrogen and oxygen atoms in total. The molecule has 2 heterocycles. The fourth-order valence-corrected chi connectivity index (χ4v) is 4.28. The summed E-state index contributed by atoms with van der Waals surface area (Å²) in [7, 11) is 0. The Morgan fingerprint density at radius 3 is 1.86 bits per heavy atom. The van der Waals surface area contributed by atoms with Crippen LogP contribution in [0.1, 0.15) is 40.0 Å². The number of piperidine rings is 1. The second-order valence-electron chi connectivity index (χ2n) is 9.44. The molecule has 0 spiro atoms. The van der Waals surface area contributed by atoms with Gasteiger partial charge in [0, 0.05) is 13.0 Å². The molecule has 1 aromatic rings. The standard InChI is InChI=1S/C28H40N4O11/c29-7-9-39-11-13-41-15-17-43-19-18-42-16-14-40-12-10-38-8-6-24(34)30-21-3-1-2-20-25(21)28(37)32(27(20)36)22-4-5-23(33)31-26(22)35/h1-3,22H,4-19,29H2,(H,30,34)(H,31,33,35). The summed E-state index contributed by atoms with van der Waals surface area (Å²) in [6.45, 7) is 5.41. The summed E-state index contributed by atoms with van der Waals surface area (Å²) in [5, 5.41) is 4.80. The molecule has 0 radical (unpaired) electrons. The average Bonchev–Trinajstić information content (AvgIpc) is 3.24. The Balaban J connectivity index is 1.22. The molecule has 0 aliphatic carbocycles. The normalized spacial score (nSPS) is 16.5. The molecule has 2 aliphatic heterocycles. The molecule has 43 heavy (non-hydrogen) atoms.